The molecule has 3 aromatic rings. The summed E-state index contributed by atoms with van der Waals surface area (Å²) in [6.45, 7) is 2.85. The van der Waals surface area contributed by atoms with Gasteiger partial charge in [0.2, 0.25) is 0 Å². The van der Waals surface area contributed by atoms with E-state index in [1.165, 1.54) is 10.9 Å². The zero-order valence-electron chi connectivity index (χ0n) is 11.1. The molecule has 0 radical (unpaired) electrons. The van der Waals surface area contributed by atoms with Crippen LogP contribution in [0.2, 0.25) is 5.02 Å². The van der Waals surface area contributed by atoms with Crippen LogP contribution in [0.15, 0.2) is 43.1 Å². The molecule has 0 aliphatic carbocycles. The summed E-state index contributed by atoms with van der Waals surface area (Å²) < 4.78 is 2.09. The third-order valence-electron chi connectivity index (χ3n) is 3.37. The van der Waals surface area contributed by atoms with Crippen molar-refractivity contribution in [1.82, 2.24) is 19.9 Å². The Morgan fingerprint density at radius 1 is 1.35 bits per heavy atom. The summed E-state index contributed by atoms with van der Waals surface area (Å²) in [7, 11) is 0. The second-order valence-corrected chi connectivity index (χ2v) is 5.27. The zero-order valence-corrected chi connectivity index (χ0v) is 11.9. The number of fused-ring (bicyclic) bond motifs is 1. The lowest BCUT2D eigenvalue weighted by Gasteiger charge is -2.05. The van der Waals surface area contributed by atoms with E-state index in [4.69, 9.17) is 11.6 Å². The van der Waals surface area contributed by atoms with Crippen molar-refractivity contribution in [1.29, 1.82) is 0 Å². The van der Waals surface area contributed by atoms with Gasteiger partial charge in [0.1, 0.15) is 0 Å². The van der Waals surface area contributed by atoms with Gasteiger partial charge in [-0.2, -0.15) is 0 Å². The predicted molar refractivity (Wildman–Crippen MR) is 81.9 cm³/mol. The van der Waals surface area contributed by atoms with Crippen molar-refractivity contribution in [2.45, 2.75) is 19.5 Å². The number of halogens is 1. The van der Waals surface area contributed by atoms with Crippen molar-refractivity contribution < 1.29 is 0 Å². The van der Waals surface area contributed by atoms with Crippen LogP contribution in [0.1, 0.15) is 12.0 Å². The van der Waals surface area contributed by atoms with Gasteiger partial charge in [-0.15, -0.1) is 0 Å². The van der Waals surface area contributed by atoms with E-state index < -0.39 is 0 Å². The van der Waals surface area contributed by atoms with E-state index in [-0.39, 0.29) is 0 Å². The Kier molecular flexibility index (Phi) is 4.04. The Hall–Kier alpha value is -1.78. The lowest BCUT2D eigenvalue weighted by atomic mass is 10.2. The molecule has 0 saturated heterocycles. The van der Waals surface area contributed by atoms with Gasteiger partial charge in [-0.05, 0) is 30.7 Å². The van der Waals surface area contributed by atoms with Crippen LogP contribution in [0.25, 0.3) is 10.9 Å². The first kappa shape index (κ1) is 13.2. The van der Waals surface area contributed by atoms with E-state index in [9.17, 15) is 0 Å². The summed E-state index contributed by atoms with van der Waals surface area (Å²) in [5.41, 5.74) is 2.37. The topological polar surface area (TPSA) is 45.6 Å². The minimum Gasteiger partial charge on any atom is -0.361 e. The van der Waals surface area contributed by atoms with Gasteiger partial charge in [-0.25, -0.2) is 4.98 Å². The molecule has 0 aliphatic heterocycles. The van der Waals surface area contributed by atoms with E-state index in [0.717, 1.165) is 36.6 Å². The van der Waals surface area contributed by atoms with Crippen LogP contribution in [0, 0.1) is 0 Å². The number of aromatic amines is 1. The monoisotopic (exact) mass is 288 g/mol. The number of nitrogens with zero attached hydrogens (tertiary/aromatic N) is 2. The number of rotatable bonds is 6. The fraction of sp³-hybridized carbons (Fsp3) is 0.267. The molecule has 1 aromatic carbocycles. The highest BCUT2D eigenvalue weighted by atomic mass is 35.5. The summed E-state index contributed by atoms with van der Waals surface area (Å²) in [4.78, 5) is 7.29. The number of benzene rings is 1. The molecule has 0 spiro atoms. The molecule has 5 heteroatoms. The molecule has 3 rings (SSSR count). The molecule has 2 N–H and O–H groups in total. The molecule has 0 amide bonds. The van der Waals surface area contributed by atoms with Crippen molar-refractivity contribution in [2.24, 2.45) is 0 Å². The summed E-state index contributed by atoms with van der Waals surface area (Å²) in [6.07, 6.45) is 8.78. The molecule has 0 unspecified atom stereocenters. The van der Waals surface area contributed by atoms with Crippen LogP contribution >= 0.6 is 11.6 Å². The molecular formula is C15H17ClN4. The van der Waals surface area contributed by atoms with Crippen molar-refractivity contribution in [3.63, 3.8) is 0 Å². The largest absolute Gasteiger partial charge is 0.361 e. The van der Waals surface area contributed by atoms with Crippen LogP contribution in [0.5, 0.6) is 0 Å². The Morgan fingerprint density at radius 3 is 3.15 bits per heavy atom. The standard InChI is InChI=1S/C15H17ClN4/c16-13-2-3-14-12(10-19-15(14)8-13)9-17-4-1-6-20-7-5-18-11-20/h2-3,5,7-8,10-11,17,19H,1,4,6,9H2. The molecule has 104 valence electrons. The van der Waals surface area contributed by atoms with Gasteiger partial charge >= 0.3 is 0 Å². The van der Waals surface area contributed by atoms with E-state index >= 15 is 0 Å². The SMILES string of the molecule is Clc1ccc2c(CNCCCn3ccnc3)c[nH]c2c1. The quantitative estimate of drug-likeness (QED) is 0.684. The second-order valence-electron chi connectivity index (χ2n) is 4.83. The Labute approximate surface area is 122 Å². The number of aromatic nitrogens is 3. The highest BCUT2D eigenvalue weighted by Crippen LogP contribution is 2.21. The lowest BCUT2D eigenvalue weighted by molar-refractivity contribution is 0.581. The third kappa shape index (κ3) is 3.03. The number of hydrogen-bond donors (Lipinski definition) is 2. The first-order valence-electron chi connectivity index (χ1n) is 6.75. The van der Waals surface area contributed by atoms with E-state index in [0.29, 0.717) is 0 Å². The first-order chi connectivity index (χ1) is 9.83. The maximum Gasteiger partial charge on any atom is 0.0945 e. The fourth-order valence-corrected chi connectivity index (χ4v) is 2.51. The van der Waals surface area contributed by atoms with Crippen LogP contribution in [-0.2, 0) is 13.1 Å². The van der Waals surface area contributed by atoms with Gasteiger partial charge < -0.3 is 14.9 Å². The molecule has 0 aliphatic rings. The molecule has 4 nitrogen and oxygen atoms in total. The van der Waals surface area contributed by atoms with Crippen molar-refractivity contribution in [3.05, 3.63) is 53.7 Å². The first-order valence-corrected chi connectivity index (χ1v) is 7.13. The van der Waals surface area contributed by atoms with Gasteiger partial charge in [-0.3, -0.25) is 0 Å². The van der Waals surface area contributed by atoms with Crippen molar-refractivity contribution >= 4 is 22.5 Å². The van der Waals surface area contributed by atoms with Gasteiger partial charge in [0.25, 0.3) is 0 Å². The zero-order chi connectivity index (χ0) is 13.8. The van der Waals surface area contributed by atoms with Crippen LogP contribution in [0.3, 0.4) is 0 Å². The maximum absolute atomic E-state index is 5.98. The van der Waals surface area contributed by atoms with Gasteiger partial charge in [-0.1, -0.05) is 17.7 Å². The predicted octanol–water partition coefficient (Wildman–Crippen LogP) is 3.20. The average Bonchev–Trinajstić information content (AvgIpc) is 3.08. The maximum atomic E-state index is 5.98. The average molecular weight is 289 g/mol. The molecule has 2 aromatic heterocycles. The van der Waals surface area contributed by atoms with E-state index in [1.54, 1.807) is 0 Å². The Morgan fingerprint density at radius 2 is 2.30 bits per heavy atom. The molecular weight excluding hydrogens is 272 g/mol. The van der Waals surface area contributed by atoms with E-state index in [2.05, 4.69) is 25.9 Å². The Bertz CT molecular complexity index is 672. The minimum atomic E-state index is 0.763. The van der Waals surface area contributed by atoms with Gasteiger partial charge in [0, 0.05) is 47.6 Å². The molecule has 20 heavy (non-hydrogen) atoms. The fourth-order valence-electron chi connectivity index (χ4n) is 2.33. The number of hydrogen-bond acceptors (Lipinski definition) is 2. The summed E-state index contributed by atoms with van der Waals surface area (Å²) >= 11 is 5.98. The Balaban J connectivity index is 1.50. The van der Waals surface area contributed by atoms with Crippen molar-refractivity contribution in [2.75, 3.05) is 6.54 Å². The number of imidazole rings is 1. The number of H-pyrrole nitrogens is 1. The molecule has 0 atom stereocenters. The summed E-state index contributed by atoms with van der Waals surface area (Å²) in [5.74, 6) is 0. The smallest absolute Gasteiger partial charge is 0.0945 e. The molecule has 0 saturated carbocycles. The highest BCUT2D eigenvalue weighted by molar-refractivity contribution is 6.31. The highest BCUT2D eigenvalue weighted by Gasteiger charge is 2.03. The molecule has 0 fully saturated rings. The number of nitrogens with one attached hydrogen (secondary N) is 2. The molecule has 2 heterocycles. The van der Waals surface area contributed by atoms with E-state index in [1.807, 2.05) is 37.1 Å². The van der Waals surface area contributed by atoms with Gasteiger partial charge in [0.05, 0.1) is 6.33 Å². The second kappa shape index (κ2) is 6.11. The number of aryl methyl sites for hydroxylation is 1. The normalized spacial score (nSPS) is 11.2. The van der Waals surface area contributed by atoms with Crippen molar-refractivity contribution in [3.8, 4) is 0 Å². The van der Waals surface area contributed by atoms with Crippen LogP contribution in [0.4, 0.5) is 0 Å². The molecule has 0 bridgehead atoms. The summed E-state index contributed by atoms with van der Waals surface area (Å²) in [6, 6.07) is 5.95. The van der Waals surface area contributed by atoms with Crippen LogP contribution in [-0.4, -0.2) is 21.1 Å². The lowest BCUT2D eigenvalue weighted by Crippen LogP contribution is -2.16. The van der Waals surface area contributed by atoms with Gasteiger partial charge in [0.15, 0.2) is 0 Å². The van der Waals surface area contributed by atoms with Crippen LogP contribution < -0.4 is 5.32 Å². The summed E-state index contributed by atoms with van der Waals surface area (Å²) in [5, 5.41) is 5.47. The third-order valence-corrected chi connectivity index (χ3v) is 3.61. The minimum absolute atomic E-state index is 0.763.